The van der Waals surface area contributed by atoms with Gasteiger partial charge in [0.1, 0.15) is 5.75 Å². The van der Waals surface area contributed by atoms with Gasteiger partial charge in [-0.15, -0.1) is 0 Å². The van der Waals surface area contributed by atoms with Crippen LogP contribution >= 0.6 is 11.6 Å². The topological polar surface area (TPSA) is 81.4 Å². The first kappa shape index (κ1) is 15.6. The smallest absolute Gasteiger partial charge is 0.240 e. The largest absolute Gasteiger partial charge is 0.496 e. The predicted octanol–water partition coefficient (Wildman–Crippen LogP) is 2.41. The van der Waals surface area contributed by atoms with Crippen molar-refractivity contribution in [2.75, 3.05) is 12.8 Å². The lowest BCUT2D eigenvalue weighted by Gasteiger charge is -2.11. The van der Waals surface area contributed by atoms with Crippen molar-refractivity contribution >= 4 is 27.3 Å². The van der Waals surface area contributed by atoms with Gasteiger partial charge in [-0.2, -0.15) is 0 Å². The second-order valence-corrected chi connectivity index (χ2v) is 6.55. The molecule has 0 spiro atoms. The minimum Gasteiger partial charge on any atom is -0.496 e. The molecule has 21 heavy (non-hydrogen) atoms. The number of nitrogen functional groups attached to an aromatic ring is 1. The highest BCUT2D eigenvalue weighted by atomic mass is 35.5. The van der Waals surface area contributed by atoms with Gasteiger partial charge in [-0.1, -0.05) is 11.6 Å². The molecule has 2 aromatic rings. The normalized spacial score (nSPS) is 11.3. The number of nitrogens with one attached hydrogen (secondary N) is 1. The third-order valence-electron chi connectivity index (χ3n) is 2.89. The molecule has 0 amide bonds. The Kier molecular flexibility index (Phi) is 4.72. The fraction of sp³-hybridized carbons (Fsp3) is 0.143. The maximum Gasteiger partial charge on any atom is 0.240 e. The molecule has 0 heterocycles. The van der Waals surface area contributed by atoms with Crippen LogP contribution in [0, 0.1) is 0 Å². The molecular weight excluding hydrogens is 312 g/mol. The Morgan fingerprint density at radius 3 is 2.48 bits per heavy atom. The number of rotatable bonds is 5. The molecule has 0 aliphatic heterocycles. The molecule has 0 radical (unpaired) electrons. The molecule has 0 unspecified atom stereocenters. The molecule has 112 valence electrons. The van der Waals surface area contributed by atoms with Crippen LogP contribution in [0.2, 0.25) is 5.02 Å². The van der Waals surface area contributed by atoms with Crippen LogP contribution in [0.1, 0.15) is 5.56 Å². The summed E-state index contributed by atoms with van der Waals surface area (Å²) in [5.74, 6) is 0.569. The first-order chi connectivity index (χ1) is 9.92. The molecule has 0 bridgehead atoms. The minimum atomic E-state index is -3.62. The number of methoxy groups -OCH3 is 1. The summed E-state index contributed by atoms with van der Waals surface area (Å²) in [4.78, 5) is 0.151. The molecule has 2 aromatic carbocycles. The highest BCUT2D eigenvalue weighted by molar-refractivity contribution is 7.89. The molecule has 0 atom stereocenters. The summed E-state index contributed by atoms with van der Waals surface area (Å²) < 4.78 is 32.0. The van der Waals surface area contributed by atoms with Crippen molar-refractivity contribution in [3.63, 3.8) is 0 Å². The summed E-state index contributed by atoms with van der Waals surface area (Å²) in [5, 5.41) is 0.512. The number of ether oxygens (including phenoxy) is 1. The van der Waals surface area contributed by atoms with E-state index in [1.54, 1.807) is 18.2 Å². The van der Waals surface area contributed by atoms with Crippen molar-refractivity contribution in [3.8, 4) is 5.75 Å². The maximum atomic E-state index is 12.2. The van der Waals surface area contributed by atoms with E-state index in [1.165, 1.54) is 31.4 Å². The highest BCUT2D eigenvalue weighted by Crippen LogP contribution is 2.23. The van der Waals surface area contributed by atoms with Gasteiger partial charge in [-0.25, -0.2) is 13.1 Å². The standard InChI is InChI=1S/C14H15ClN2O3S/c1-20-14-7-2-11(15)8-10(14)9-17-21(18,19)13-5-3-12(16)4-6-13/h2-8,17H,9,16H2,1H3. The molecule has 5 nitrogen and oxygen atoms in total. The minimum absolute atomic E-state index is 0.0798. The average molecular weight is 327 g/mol. The van der Waals surface area contributed by atoms with E-state index in [9.17, 15) is 8.42 Å². The summed E-state index contributed by atoms with van der Waals surface area (Å²) >= 11 is 5.91. The fourth-order valence-corrected chi connectivity index (χ4v) is 2.99. The zero-order valence-corrected chi connectivity index (χ0v) is 12.9. The number of benzene rings is 2. The van der Waals surface area contributed by atoms with Crippen LogP contribution in [-0.4, -0.2) is 15.5 Å². The Morgan fingerprint density at radius 1 is 1.19 bits per heavy atom. The first-order valence-electron chi connectivity index (χ1n) is 6.10. The third-order valence-corrected chi connectivity index (χ3v) is 4.54. The van der Waals surface area contributed by atoms with E-state index in [0.29, 0.717) is 22.0 Å². The first-order valence-corrected chi connectivity index (χ1v) is 7.96. The Labute approximate surface area is 128 Å². The number of hydrogen-bond acceptors (Lipinski definition) is 4. The van der Waals surface area contributed by atoms with Crippen molar-refractivity contribution in [2.24, 2.45) is 0 Å². The van der Waals surface area contributed by atoms with Crippen LogP contribution in [0.5, 0.6) is 5.75 Å². The van der Waals surface area contributed by atoms with E-state index >= 15 is 0 Å². The Morgan fingerprint density at radius 2 is 1.86 bits per heavy atom. The van der Waals surface area contributed by atoms with E-state index in [2.05, 4.69) is 4.72 Å². The molecule has 0 aliphatic carbocycles. The van der Waals surface area contributed by atoms with Gasteiger partial charge in [-0.3, -0.25) is 0 Å². The lowest BCUT2D eigenvalue weighted by atomic mass is 10.2. The summed E-state index contributed by atoms with van der Waals surface area (Å²) in [5.41, 5.74) is 6.70. The van der Waals surface area contributed by atoms with Crippen molar-refractivity contribution < 1.29 is 13.2 Å². The van der Waals surface area contributed by atoms with E-state index in [0.717, 1.165) is 0 Å². The van der Waals surface area contributed by atoms with Gasteiger partial charge in [-0.05, 0) is 42.5 Å². The van der Waals surface area contributed by atoms with Crippen LogP contribution in [0.15, 0.2) is 47.4 Å². The predicted molar refractivity (Wildman–Crippen MR) is 82.9 cm³/mol. The lowest BCUT2D eigenvalue weighted by Crippen LogP contribution is -2.23. The van der Waals surface area contributed by atoms with Crippen LogP contribution < -0.4 is 15.2 Å². The van der Waals surface area contributed by atoms with Gasteiger partial charge in [0.05, 0.1) is 12.0 Å². The molecule has 3 N–H and O–H groups in total. The second-order valence-electron chi connectivity index (χ2n) is 4.35. The van der Waals surface area contributed by atoms with Crippen LogP contribution in [-0.2, 0) is 16.6 Å². The van der Waals surface area contributed by atoms with Gasteiger partial charge in [0.25, 0.3) is 0 Å². The van der Waals surface area contributed by atoms with Gasteiger partial charge in [0.2, 0.25) is 10.0 Å². The molecule has 0 saturated carbocycles. The maximum absolute atomic E-state index is 12.2. The Hall–Kier alpha value is -1.76. The molecular formula is C14H15ClN2O3S. The highest BCUT2D eigenvalue weighted by Gasteiger charge is 2.14. The van der Waals surface area contributed by atoms with E-state index in [-0.39, 0.29) is 11.4 Å². The summed E-state index contributed by atoms with van der Waals surface area (Å²) in [6, 6.07) is 11.0. The SMILES string of the molecule is COc1ccc(Cl)cc1CNS(=O)(=O)c1ccc(N)cc1. The van der Waals surface area contributed by atoms with Crippen molar-refractivity contribution in [1.82, 2.24) is 4.72 Å². The van der Waals surface area contributed by atoms with Gasteiger partial charge < -0.3 is 10.5 Å². The quantitative estimate of drug-likeness (QED) is 0.827. The monoisotopic (exact) mass is 326 g/mol. The molecule has 0 fully saturated rings. The van der Waals surface area contributed by atoms with Crippen molar-refractivity contribution in [3.05, 3.63) is 53.1 Å². The Bertz CT molecular complexity index is 730. The molecule has 2 rings (SSSR count). The lowest BCUT2D eigenvalue weighted by molar-refractivity contribution is 0.409. The zero-order valence-electron chi connectivity index (χ0n) is 11.3. The second kappa shape index (κ2) is 6.34. The third kappa shape index (κ3) is 3.87. The number of anilines is 1. The molecule has 0 saturated heterocycles. The molecule has 7 heteroatoms. The van der Waals surface area contributed by atoms with Gasteiger partial charge >= 0.3 is 0 Å². The van der Waals surface area contributed by atoms with E-state index in [1.807, 2.05) is 0 Å². The summed E-state index contributed by atoms with van der Waals surface area (Å²) in [6.07, 6.45) is 0. The van der Waals surface area contributed by atoms with Crippen molar-refractivity contribution in [2.45, 2.75) is 11.4 Å². The summed E-state index contributed by atoms with van der Waals surface area (Å²) in [7, 11) is -2.10. The fourth-order valence-electron chi connectivity index (χ4n) is 1.79. The van der Waals surface area contributed by atoms with Gasteiger partial charge in [0, 0.05) is 22.8 Å². The number of halogens is 1. The number of nitrogens with two attached hydrogens (primary N) is 1. The van der Waals surface area contributed by atoms with E-state index < -0.39 is 10.0 Å². The molecule has 0 aromatic heterocycles. The number of sulfonamides is 1. The van der Waals surface area contributed by atoms with E-state index in [4.69, 9.17) is 22.1 Å². The van der Waals surface area contributed by atoms with Crippen LogP contribution in [0.4, 0.5) is 5.69 Å². The molecule has 0 aliphatic rings. The van der Waals surface area contributed by atoms with Gasteiger partial charge in [0.15, 0.2) is 0 Å². The van der Waals surface area contributed by atoms with Crippen LogP contribution in [0.25, 0.3) is 0 Å². The Balaban J connectivity index is 2.19. The zero-order chi connectivity index (χ0) is 15.5. The van der Waals surface area contributed by atoms with Crippen LogP contribution in [0.3, 0.4) is 0 Å². The summed E-state index contributed by atoms with van der Waals surface area (Å²) in [6.45, 7) is 0.0798. The van der Waals surface area contributed by atoms with Crippen molar-refractivity contribution in [1.29, 1.82) is 0 Å². The average Bonchev–Trinajstić information content (AvgIpc) is 2.46. The number of hydrogen-bond donors (Lipinski definition) is 2.